The fraction of sp³-hybridized carbons (Fsp3) is 0.263. The third-order valence-corrected chi connectivity index (χ3v) is 4.90. The van der Waals surface area contributed by atoms with Crippen LogP contribution in [0.15, 0.2) is 53.1 Å². The van der Waals surface area contributed by atoms with Gasteiger partial charge >= 0.3 is 0 Å². The molecule has 1 N–H and O–H groups in total. The first-order chi connectivity index (χ1) is 12.2. The second-order valence-electron chi connectivity index (χ2n) is 6.36. The van der Waals surface area contributed by atoms with Gasteiger partial charge in [0.15, 0.2) is 12.3 Å². The van der Waals surface area contributed by atoms with Crippen molar-refractivity contribution in [3.05, 3.63) is 64.8 Å². The summed E-state index contributed by atoms with van der Waals surface area (Å²) in [5, 5.41) is 5.82. The molecule has 0 spiro atoms. The van der Waals surface area contributed by atoms with Gasteiger partial charge < -0.3 is 9.32 Å². The van der Waals surface area contributed by atoms with Crippen molar-refractivity contribution < 1.29 is 9.32 Å². The van der Waals surface area contributed by atoms with Crippen molar-refractivity contribution in [3.63, 3.8) is 0 Å². The maximum absolute atomic E-state index is 6.01. The number of nitrogens with one attached hydrogen (secondary N) is 1. The van der Waals surface area contributed by atoms with Crippen molar-refractivity contribution >= 4 is 28.8 Å². The second kappa shape index (κ2) is 6.46. The highest BCUT2D eigenvalue weighted by Gasteiger charge is 2.17. The summed E-state index contributed by atoms with van der Waals surface area (Å²) < 4.78 is 10.6. The molecule has 0 radical (unpaired) electrons. The molecule has 0 bridgehead atoms. The molecule has 1 atom stereocenters. The average molecular weight is 353 g/mol. The second-order valence-corrected chi connectivity index (χ2v) is 6.72. The van der Waals surface area contributed by atoms with E-state index in [0.717, 1.165) is 34.7 Å². The summed E-state index contributed by atoms with van der Waals surface area (Å²) in [7, 11) is 2.16. The van der Waals surface area contributed by atoms with Gasteiger partial charge in [-0.1, -0.05) is 31.2 Å². The number of hydrogen-bond donors (Lipinski definition) is 1. The molecule has 3 aromatic heterocycles. The predicted molar refractivity (Wildman–Crippen MR) is 100 cm³/mol. The van der Waals surface area contributed by atoms with Gasteiger partial charge in [0.05, 0.1) is 12.6 Å². The van der Waals surface area contributed by atoms with Gasteiger partial charge in [-0.15, -0.1) is 5.10 Å². The van der Waals surface area contributed by atoms with E-state index in [2.05, 4.69) is 31.2 Å². The summed E-state index contributed by atoms with van der Waals surface area (Å²) in [5.74, 6) is 1.07. The van der Waals surface area contributed by atoms with Crippen LogP contribution in [0.4, 0.5) is 0 Å². The van der Waals surface area contributed by atoms with Crippen LogP contribution in [0.3, 0.4) is 0 Å². The lowest BCUT2D eigenvalue weighted by Gasteiger charge is -2.13. The number of nitrogens with zero attached hydrogens (tertiary/aromatic N) is 3. The molecule has 1 unspecified atom stereocenters. The van der Waals surface area contributed by atoms with Crippen LogP contribution in [0.25, 0.3) is 16.6 Å². The topological polar surface area (TPSA) is 39.8 Å². The number of benzene rings is 1. The predicted octanol–water partition coefficient (Wildman–Crippen LogP) is 2.85. The molecule has 0 aliphatic heterocycles. The van der Waals surface area contributed by atoms with Crippen LogP contribution in [0.5, 0.6) is 0 Å². The molecule has 0 aliphatic carbocycles. The van der Waals surface area contributed by atoms with Crippen molar-refractivity contribution in [2.75, 3.05) is 7.05 Å². The van der Waals surface area contributed by atoms with E-state index in [0.29, 0.717) is 6.67 Å². The van der Waals surface area contributed by atoms with Gasteiger partial charge in [0.2, 0.25) is 4.77 Å². The van der Waals surface area contributed by atoms with E-state index in [1.807, 2.05) is 45.6 Å². The fourth-order valence-corrected chi connectivity index (χ4v) is 3.57. The largest absolute Gasteiger partial charge is 0.461 e. The molecule has 3 heterocycles. The Morgan fingerprint density at radius 2 is 1.96 bits per heavy atom. The van der Waals surface area contributed by atoms with E-state index in [9.17, 15) is 0 Å². The standard InChI is InChI=1S/C19H20N4OS/c1-3-16-15(14-8-4-5-9-17(14)24-16)12-21(2)13-23-19(25)22-11-7-6-10-18(22)20-23/h4-11H,3,12-13H2,1-2H3/p+1. The van der Waals surface area contributed by atoms with Gasteiger partial charge in [0, 0.05) is 18.0 Å². The molecular formula is C19H21N4OS+. The highest BCUT2D eigenvalue weighted by atomic mass is 32.1. The van der Waals surface area contributed by atoms with Crippen molar-refractivity contribution in [1.29, 1.82) is 0 Å². The Hall–Kier alpha value is -2.44. The molecule has 128 valence electrons. The van der Waals surface area contributed by atoms with Crippen LogP contribution >= 0.6 is 12.2 Å². The zero-order valence-electron chi connectivity index (χ0n) is 14.4. The van der Waals surface area contributed by atoms with E-state index in [1.165, 1.54) is 15.8 Å². The first kappa shape index (κ1) is 16.1. The Morgan fingerprint density at radius 1 is 1.16 bits per heavy atom. The maximum Gasteiger partial charge on any atom is 0.207 e. The minimum atomic E-state index is 0.711. The third kappa shape index (κ3) is 2.88. The maximum atomic E-state index is 6.01. The first-order valence-corrected chi connectivity index (χ1v) is 8.93. The summed E-state index contributed by atoms with van der Waals surface area (Å²) in [5.41, 5.74) is 3.13. The zero-order chi connectivity index (χ0) is 17.4. The number of quaternary nitrogens is 1. The smallest absolute Gasteiger partial charge is 0.207 e. The minimum Gasteiger partial charge on any atom is -0.461 e. The molecule has 5 nitrogen and oxygen atoms in total. The molecule has 4 rings (SSSR count). The van der Waals surface area contributed by atoms with Crippen LogP contribution in [-0.2, 0) is 19.6 Å². The summed E-state index contributed by atoms with van der Waals surface area (Å²) in [6, 6.07) is 14.2. The van der Waals surface area contributed by atoms with Gasteiger partial charge in [-0.2, -0.15) is 4.68 Å². The molecule has 0 aliphatic rings. The van der Waals surface area contributed by atoms with Crippen LogP contribution < -0.4 is 4.90 Å². The number of pyridine rings is 1. The molecular weight excluding hydrogens is 332 g/mol. The average Bonchev–Trinajstić information content (AvgIpc) is 3.13. The molecule has 1 aromatic carbocycles. The minimum absolute atomic E-state index is 0.711. The van der Waals surface area contributed by atoms with E-state index >= 15 is 0 Å². The van der Waals surface area contributed by atoms with Crippen LogP contribution in [0, 0.1) is 4.77 Å². The van der Waals surface area contributed by atoms with Crippen LogP contribution in [0.2, 0.25) is 0 Å². The molecule has 0 saturated carbocycles. The van der Waals surface area contributed by atoms with Gasteiger partial charge in [0.25, 0.3) is 0 Å². The highest BCUT2D eigenvalue weighted by molar-refractivity contribution is 7.71. The molecule has 4 aromatic rings. The van der Waals surface area contributed by atoms with Gasteiger partial charge in [-0.05, 0) is 30.4 Å². The van der Waals surface area contributed by atoms with Gasteiger partial charge in [0.1, 0.15) is 17.9 Å². The van der Waals surface area contributed by atoms with Crippen molar-refractivity contribution in [1.82, 2.24) is 14.2 Å². The van der Waals surface area contributed by atoms with Crippen LogP contribution in [0.1, 0.15) is 18.2 Å². The Kier molecular flexibility index (Phi) is 4.15. The quantitative estimate of drug-likeness (QED) is 0.561. The number of furan rings is 1. The summed E-state index contributed by atoms with van der Waals surface area (Å²) in [6.07, 6.45) is 2.85. The fourth-order valence-electron chi connectivity index (χ4n) is 3.31. The monoisotopic (exact) mass is 353 g/mol. The van der Waals surface area contributed by atoms with E-state index in [-0.39, 0.29) is 0 Å². The van der Waals surface area contributed by atoms with Crippen LogP contribution in [-0.4, -0.2) is 21.2 Å². The zero-order valence-corrected chi connectivity index (χ0v) is 15.2. The molecule has 0 amide bonds. The lowest BCUT2D eigenvalue weighted by molar-refractivity contribution is -0.917. The SMILES string of the molecule is CCc1oc2ccccc2c1C[NH+](C)Cn1nc2ccccn2c1=S. The normalized spacial score (nSPS) is 12.9. The lowest BCUT2D eigenvalue weighted by Crippen LogP contribution is -3.07. The summed E-state index contributed by atoms with van der Waals surface area (Å²) >= 11 is 5.55. The van der Waals surface area contributed by atoms with Crippen molar-refractivity contribution in [3.8, 4) is 0 Å². The Bertz CT molecular complexity index is 1090. The Labute approximate surface area is 151 Å². The van der Waals surface area contributed by atoms with Crippen molar-refractivity contribution in [2.45, 2.75) is 26.6 Å². The lowest BCUT2D eigenvalue weighted by atomic mass is 10.1. The van der Waals surface area contributed by atoms with Gasteiger partial charge in [-0.3, -0.25) is 4.40 Å². The van der Waals surface area contributed by atoms with E-state index < -0.39 is 0 Å². The highest BCUT2D eigenvalue weighted by Crippen LogP contribution is 2.25. The molecule has 25 heavy (non-hydrogen) atoms. The summed E-state index contributed by atoms with van der Waals surface area (Å²) in [4.78, 5) is 1.31. The van der Waals surface area contributed by atoms with E-state index in [4.69, 9.17) is 16.6 Å². The number of para-hydroxylation sites is 1. The number of hydrogen-bond acceptors (Lipinski definition) is 3. The first-order valence-electron chi connectivity index (χ1n) is 8.52. The molecule has 6 heteroatoms. The Balaban J connectivity index is 1.63. The third-order valence-electron chi connectivity index (χ3n) is 4.49. The van der Waals surface area contributed by atoms with E-state index in [1.54, 1.807) is 0 Å². The van der Waals surface area contributed by atoms with Gasteiger partial charge in [-0.25, -0.2) is 0 Å². The number of aromatic nitrogens is 3. The number of fused-ring (bicyclic) bond motifs is 2. The number of rotatable bonds is 5. The summed E-state index contributed by atoms with van der Waals surface area (Å²) in [6.45, 7) is 3.72. The molecule has 0 fully saturated rings. The van der Waals surface area contributed by atoms with Crippen molar-refractivity contribution in [2.24, 2.45) is 0 Å². The number of aryl methyl sites for hydroxylation is 1. The molecule has 0 saturated heterocycles. The Morgan fingerprint density at radius 3 is 2.76 bits per heavy atom.